The van der Waals surface area contributed by atoms with Gasteiger partial charge in [0, 0.05) is 0 Å². The fourth-order valence-electron chi connectivity index (χ4n) is 11.2. The highest BCUT2D eigenvalue weighted by Gasteiger charge is 2.33. The smallest absolute Gasteiger partial charge is 0.00137 e. The number of benzene rings is 8. The second kappa shape index (κ2) is 10.2. The van der Waals surface area contributed by atoms with Crippen molar-refractivity contribution >= 4 is 86.2 Å². The molecule has 0 heteroatoms. The molecule has 1 aliphatic carbocycles. The SMILES string of the molecule is CC(C)c1c2c(c(C(C)C)c3ccccc13)-c1ccc3c4cc5c(C(C)C)c6c7cccc8cccc(c6c(C(C)C)c5cc4c4ccc-2c1c43)c87. The molecular formula is C52H44. The molecule has 0 unspecified atom stereocenters. The predicted octanol–water partition coefficient (Wildman–Crippen LogP) is 15.9. The largest absolute Gasteiger partial charge is 0.0616 e. The monoisotopic (exact) mass is 668 g/mol. The molecule has 0 saturated carbocycles. The molecule has 0 heterocycles. The van der Waals surface area contributed by atoms with E-state index < -0.39 is 0 Å². The van der Waals surface area contributed by atoms with Gasteiger partial charge in [0.25, 0.3) is 0 Å². The lowest BCUT2D eigenvalue weighted by atomic mass is 9.80. The van der Waals surface area contributed by atoms with Gasteiger partial charge >= 0.3 is 0 Å². The Labute approximate surface area is 305 Å². The zero-order chi connectivity index (χ0) is 35.5. The van der Waals surface area contributed by atoms with Gasteiger partial charge < -0.3 is 0 Å². The van der Waals surface area contributed by atoms with Crippen LogP contribution in [0.2, 0.25) is 0 Å². The summed E-state index contributed by atoms with van der Waals surface area (Å²) >= 11 is 0. The van der Waals surface area contributed by atoms with Gasteiger partial charge in [0.2, 0.25) is 0 Å². The van der Waals surface area contributed by atoms with Gasteiger partial charge in [0.1, 0.15) is 0 Å². The lowest BCUT2D eigenvalue weighted by molar-refractivity contribution is 0.864. The number of hydrogen-bond donors (Lipinski definition) is 0. The summed E-state index contributed by atoms with van der Waals surface area (Å²) in [6.07, 6.45) is 0. The van der Waals surface area contributed by atoms with E-state index in [9.17, 15) is 0 Å². The summed E-state index contributed by atoms with van der Waals surface area (Å²) in [5.74, 6) is 1.59. The van der Waals surface area contributed by atoms with Crippen molar-refractivity contribution in [2.24, 2.45) is 0 Å². The van der Waals surface area contributed by atoms with Gasteiger partial charge in [-0.1, -0.05) is 140 Å². The molecule has 0 N–H and O–H groups in total. The van der Waals surface area contributed by atoms with Crippen molar-refractivity contribution in [2.75, 3.05) is 0 Å². The van der Waals surface area contributed by atoms with E-state index in [0.29, 0.717) is 23.7 Å². The van der Waals surface area contributed by atoms with Crippen molar-refractivity contribution < 1.29 is 0 Å². The minimum atomic E-state index is 0.382. The third-order valence-electron chi connectivity index (χ3n) is 12.9. The first-order chi connectivity index (χ1) is 25.2. The Balaban J connectivity index is 1.33. The van der Waals surface area contributed by atoms with E-state index in [1.54, 1.807) is 0 Å². The summed E-state index contributed by atoms with van der Waals surface area (Å²) in [6, 6.07) is 38.1. The number of hydrogen-bond acceptors (Lipinski definition) is 0. The van der Waals surface area contributed by atoms with Crippen LogP contribution in [0.4, 0.5) is 0 Å². The van der Waals surface area contributed by atoms with Gasteiger partial charge in [0.15, 0.2) is 0 Å². The normalized spacial score (nSPS) is 13.3. The van der Waals surface area contributed by atoms with E-state index in [0.717, 1.165) is 0 Å². The Bertz CT molecular complexity index is 2960. The molecule has 0 fully saturated rings. The van der Waals surface area contributed by atoms with E-state index in [4.69, 9.17) is 0 Å². The van der Waals surface area contributed by atoms with Crippen molar-refractivity contribution in [3.8, 4) is 22.3 Å². The maximum absolute atomic E-state index is 2.60. The predicted molar refractivity (Wildman–Crippen MR) is 230 cm³/mol. The molecule has 0 saturated heterocycles. The van der Waals surface area contributed by atoms with E-state index in [2.05, 4.69) is 152 Å². The van der Waals surface area contributed by atoms with Crippen molar-refractivity contribution in [2.45, 2.75) is 79.1 Å². The summed E-state index contributed by atoms with van der Waals surface area (Å²) in [6.45, 7) is 19.1. The molecule has 0 aliphatic heterocycles. The first kappa shape index (κ1) is 30.4. The van der Waals surface area contributed by atoms with Gasteiger partial charge in [0.05, 0.1) is 0 Å². The molecule has 52 heavy (non-hydrogen) atoms. The lowest BCUT2D eigenvalue weighted by Gasteiger charge is -2.23. The molecule has 0 bridgehead atoms. The minimum absolute atomic E-state index is 0.382. The van der Waals surface area contributed by atoms with Crippen LogP contribution in [0.15, 0.2) is 97.1 Å². The number of rotatable bonds is 4. The molecule has 0 spiro atoms. The Morgan fingerprint density at radius 1 is 0.288 bits per heavy atom. The van der Waals surface area contributed by atoms with E-state index >= 15 is 0 Å². The van der Waals surface area contributed by atoms with Gasteiger partial charge in [-0.2, -0.15) is 0 Å². The zero-order valence-corrected chi connectivity index (χ0v) is 31.5. The van der Waals surface area contributed by atoms with Crippen LogP contribution in [-0.4, -0.2) is 0 Å². The Morgan fingerprint density at radius 3 is 1.13 bits per heavy atom. The third-order valence-corrected chi connectivity index (χ3v) is 12.9. The van der Waals surface area contributed by atoms with Crippen LogP contribution in [0.1, 0.15) is 101 Å². The van der Waals surface area contributed by atoms with E-state index in [1.165, 1.54) is 131 Å². The summed E-state index contributed by atoms with van der Waals surface area (Å²) in [7, 11) is 0. The van der Waals surface area contributed by atoms with Crippen LogP contribution in [0, 0.1) is 0 Å². The molecule has 0 aromatic heterocycles. The van der Waals surface area contributed by atoms with Crippen LogP contribution >= 0.6 is 0 Å². The molecule has 1 aliphatic rings. The second-order valence-electron chi connectivity index (χ2n) is 17.0. The molecule has 0 atom stereocenters. The van der Waals surface area contributed by atoms with Gasteiger partial charge in [-0.3, -0.25) is 0 Å². The summed E-state index contributed by atoms with van der Waals surface area (Å²) in [5, 5.41) is 22.7. The molecule has 10 aromatic carbocycles. The first-order valence-electron chi connectivity index (χ1n) is 19.6. The Hall–Kier alpha value is -5.20. The molecule has 10 aromatic rings. The molecular weight excluding hydrogens is 625 g/mol. The summed E-state index contributed by atoms with van der Waals surface area (Å²) in [4.78, 5) is 0. The molecule has 11 rings (SSSR count). The maximum Gasteiger partial charge on any atom is -0.00137 e. The van der Waals surface area contributed by atoms with Crippen molar-refractivity contribution in [1.82, 2.24) is 0 Å². The standard InChI is InChI=1S/C52H44/c1-25(2)42-30-15-9-10-16-31(30)43(26(3)4)52-37-22-20-33-39-24-41-40(23-38(39)32-19-21-36(51(42)52)48(37)47(32)33)44(27(5)6)49-34-17-11-13-29-14-12-18-35(46(29)34)50(49)45(41)28(7)8/h9-28H,1-8H3. The second-order valence-corrected chi connectivity index (χ2v) is 17.0. The average Bonchev–Trinajstić information content (AvgIpc) is 3.74. The minimum Gasteiger partial charge on any atom is -0.0616 e. The first-order valence-corrected chi connectivity index (χ1v) is 19.6. The fraction of sp³-hybridized carbons (Fsp3) is 0.231. The highest BCUT2D eigenvalue weighted by molar-refractivity contribution is 6.39. The van der Waals surface area contributed by atoms with Crippen LogP contribution in [0.5, 0.6) is 0 Å². The van der Waals surface area contributed by atoms with Crippen LogP contribution < -0.4 is 0 Å². The average molecular weight is 669 g/mol. The van der Waals surface area contributed by atoms with Crippen molar-refractivity contribution in [3.05, 3.63) is 119 Å². The van der Waals surface area contributed by atoms with Crippen molar-refractivity contribution in [3.63, 3.8) is 0 Å². The molecule has 0 amide bonds. The van der Waals surface area contributed by atoms with Crippen LogP contribution in [-0.2, 0) is 0 Å². The van der Waals surface area contributed by atoms with E-state index in [-0.39, 0.29) is 0 Å². The van der Waals surface area contributed by atoms with Crippen molar-refractivity contribution in [1.29, 1.82) is 0 Å². The maximum atomic E-state index is 2.60. The van der Waals surface area contributed by atoms with E-state index in [1.807, 2.05) is 0 Å². The Kier molecular flexibility index (Phi) is 5.99. The number of fused-ring (bicyclic) bond motifs is 11. The third kappa shape index (κ3) is 3.54. The highest BCUT2D eigenvalue weighted by Crippen LogP contribution is 2.59. The van der Waals surface area contributed by atoms with Gasteiger partial charge in [-0.25, -0.2) is 0 Å². The van der Waals surface area contributed by atoms with Crippen LogP contribution in [0.3, 0.4) is 0 Å². The molecule has 252 valence electrons. The van der Waals surface area contributed by atoms with Gasteiger partial charge in [-0.05, 0) is 166 Å². The fourth-order valence-corrected chi connectivity index (χ4v) is 11.2. The lowest BCUT2D eigenvalue weighted by Crippen LogP contribution is -2.01. The summed E-state index contributed by atoms with van der Waals surface area (Å²) in [5.41, 5.74) is 11.8. The Morgan fingerprint density at radius 2 is 0.712 bits per heavy atom. The molecule has 0 nitrogen and oxygen atoms in total. The molecule has 0 radical (unpaired) electrons. The zero-order valence-electron chi connectivity index (χ0n) is 31.5. The quantitative estimate of drug-likeness (QED) is 0.175. The summed E-state index contributed by atoms with van der Waals surface area (Å²) < 4.78 is 0. The highest BCUT2D eigenvalue weighted by atomic mass is 14.4. The topological polar surface area (TPSA) is 0 Å². The van der Waals surface area contributed by atoms with Crippen LogP contribution in [0.25, 0.3) is 108 Å². The van der Waals surface area contributed by atoms with Gasteiger partial charge in [-0.15, -0.1) is 0 Å².